The summed E-state index contributed by atoms with van der Waals surface area (Å²) >= 11 is 1.16. The van der Waals surface area contributed by atoms with Gasteiger partial charge in [0.25, 0.3) is 10.0 Å². The van der Waals surface area contributed by atoms with Gasteiger partial charge in [-0.05, 0) is 18.9 Å². The number of hydrogen-bond acceptors (Lipinski definition) is 6. The van der Waals surface area contributed by atoms with Gasteiger partial charge in [0.2, 0.25) is 0 Å². The van der Waals surface area contributed by atoms with E-state index in [4.69, 9.17) is 5.73 Å². The van der Waals surface area contributed by atoms with Crippen LogP contribution in [0.25, 0.3) is 0 Å². The predicted octanol–water partition coefficient (Wildman–Crippen LogP) is 1.03. The quantitative estimate of drug-likeness (QED) is 0.908. The molecule has 0 aliphatic carbocycles. The van der Waals surface area contributed by atoms with E-state index < -0.39 is 10.0 Å². The Morgan fingerprint density at radius 2 is 2.29 bits per heavy atom. The summed E-state index contributed by atoms with van der Waals surface area (Å²) in [5, 5.41) is 9.63. The summed E-state index contributed by atoms with van der Waals surface area (Å²) in [6.07, 6.45) is 3.38. The van der Waals surface area contributed by atoms with Gasteiger partial charge in [-0.3, -0.25) is 0 Å². The van der Waals surface area contributed by atoms with Crippen molar-refractivity contribution >= 4 is 27.0 Å². The number of nitrogens with zero attached hydrogens (tertiary/aromatic N) is 4. The van der Waals surface area contributed by atoms with E-state index >= 15 is 0 Å². The minimum Gasteiger partial charge on any atom is -0.398 e. The number of sulfonamides is 1. The maximum absolute atomic E-state index is 12.6. The van der Waals surface area contributed by atoms with Crippen molar-refractivity contribution in [1.29, 1.82) is 0 Å². The van der Waals surface area contributed by atoms with Crippen LogP contribution in [0.1, 0.15) is 24.6 Å². The highest BCUT2D eigenvalue weighted by Gasteiger charge is 2.33. The lowest BCUT2D eigenvalue weighted by Crippen LogP contribution is -2.39. The van der Waals surface area contributed by atoms with Crippen LogP contribution in [-0.4, -0.2) is 40.6 Å². The molecule has 0 spiro atoms. The van der Waals surface area contributed by atoms with Crippen molar-refractivity contribution in [2.24, 2.45) is 7.05 Å². The Labute approximate surface area is 127 Å². The maximum Gasteiger partial charge on any atom is 0.252 e. The van der Waals surface area contributed by atoms with Crippen LogP contribution in [0.2, 0.25) is 0 Å². The van der Waals surface area contributed by atoms with E-state index in [0.29, 0.717) is 23.0 Å². The van der Waals surface area contributed by atoms with E-state index in [-0.39, 0.29) is 5.92 Å². The van der Waals surface area contributed by atoms with Crippen molar-refractivity contribution in [2.75, 3.05) is 18.8 Å². The van der Waals surface area contributed by atoms with Gasteiger partial charge in [0.1, 0.15) is 16.4 Å². The molecule has 2 N–H and O–H groups in total. The van der Waals surface area contributed by atoms with E-state index in [1.807, 2.05) is 11.6 Å². The molecular formula is C12H17N5O2S2. The Bertz CT molecular complexity index is 736. The molecule has 1 aliphatic rings. The Morgan fingerprint density at radius 1 is 1.48 bits per heavy atom. The zero-order valence-electron chi connectivity index (χ0n) is 11.6. The van der Waals surface area contributed by atoms with Gasteiger partial charge in [-0.1, -0.05) is 0 Å². The third-order valence-electron chi connectivity index (χ3n) is 3.69. The highest BCUT2D eigenvalue weighted by atomic mass is 32.2. The Balaban J connectivity index is 1.85. The molecule has 21 heavy (non-hydrogen) atoms. The van der Waals surface area contributed by atoms with Crippen LogP contribution in [0.4, 0.5) is 5.69 Å². The smallest absolute Gasteiger partial charge is 0.252 e. The molecular weight excluding hydrogens is 310 g/mol. The topological polar surface area (TPSA) is 94.1 Å². The molecule has 3 rings (SSSR count). The molecule has 0 radical (unpaired) electrons. The molecule has 9 heteroatoms. The number of nitrogen functional groups attached to an aromatic ring is 1. The van der Waals surface area contributed by atoms with Gasteiger partial charge < -0.3 is 10.3 Å². The molecule has 2 aromatic rings. The third-order valence-corrected chi connectivity index (χ3v) is 6.98. The third kappa shape index (κ3) is 2.68. The highest BCUT2D eigenvalue weighted by molar-refractivity contribution is 7.91. The summed E-state index contributed by atoms with van der Waals surface area (Å²) in [7, 11) is -1.59. The molecule has 2 aromatic heterocycles. The highest BCUT2D eigenvalue weighted by Crippen LogP contribution is 2.31. The SMILES string of the molecule is Cn1cnnc1C1CCCN(S(=O)(=O)c2cc(N)cs2)C1. The predicted molar refractivity (Wildman–Crippen MR) is 80.5 cm³/mol. The summed E-state index contributed by atoms with van der Waals surface area (Å²) in [5.74, 6) is 0.916. The van der Waals surface area contributed by atoms with Gasteiger partial charge in [-0.15, -0.1) is 21.5 Å². The first kappa shape index (κ1) is 14.5. The second kappa shape index (κ2) is 5.39. The van der Waals surface area contributed by atoms with Crippen molar-refractivity contribution < 1.29 is 8.42 Å². The maximum atomic E-state index is 12.6. The number of piperidine rings is 1. The fourth-order valence-corrected chi connectivity index (χ4v) is 5.38. The summed E-state index contributed by atoms with van der Waals surface area (Å²) in [5.41, 5.74) is 6.12. The molecule has 1 saturated heterocycles. The average molecular weight is 327 g/mol. The van der Waals surface area contributed by atoms with Crippen LogP contribution in [0, 0.1) is 0 Å². The summed E-state index contributed by atoms with van der Waals surface area (Å²) in [6, 6.07) is 1.52. The second-order valence-electron chi connectivity index (χ2n) is 5.20. The van der Waals surface area contributed by atoms with E-state index in [2.05, 4.69) is 10.2 Å². The minimum absolute atomic E-state index is 0.0818. The molecule has 3 heterocycles. The first-order valence-corrected chi connectivity index (χ1v) is 8.98. The largest absolute Gasteiger partial charge is 0.398 e. The molecule has 1 atom stereocenters. The number of nitrogens with two attached hydrogens (primary N) is 1. The standard InChI is InChI=1S/C12H17N5O2S2/c1-16-8-14-15-12(16)9-3-2-4-17(6-9)21(18,19)11-5-10(13)7-20-11/h5,7-9H,2-4,6,13H2,1H3. The number of anilines is 1. The molecule has 114 valence electrons. The molecule has 0 aromatic carbocycles. The van der Waals surface area contributed by atoms with Crippen LogP contribution in [-0.2, 0) is 17.1 Å². The van der Waals surface area contributed by atoms with Crippen LogP contribution in [0.3, 0.4) is 0 Å². The van der Waals surface area contributed by atoms with E-state index in [1.54, 1.807) is 11.7 Å². The summed E-state index contributed by atoms with van der Waals surface area (Å²) in [4.78, 5) is 0. The van der Waals surface area contributed by atoms with E-state index in [9.17, 15) is 8.42 Å². The van der Waals surface area contributed by atoms with Crippen molar-refractivity contribution in [3.8, 4) is 0 Å². The number of hydrogen-bond donors (Lipinski definition) is 1. The van der Waals surface area contributed by atoms with Gasteiger partial charge in [-0.25, -0.2) is 8.42 Å². The lowest BCUT2D eigenvalue weighted by atomic mass is 9.99. The summed E-state index contributed by atoms with van der Waals surface area (Å²) in [6.45, 7) is 0.973. The zero-order chi connectivity index (χ0) is 15.0. The number of aromatic nitrogens is 3. The number of rotatable bonds is 3. The van der Waals surface area contributed by atoms with Gasteiger partial charge in [0, 0.05) is 37.1 Å². The Morgan fingerprint density at radius 3 is 2.90 bits per heavy atom. The molecule has 1 aliphatic heterocycles. The first-order chi connectivity index (χ1) is 9.98. The van der Waals surface area contributed by atoms with Gasteiger partial charge >= 0.3 is 0 Å². The minimum atomic E-state index is -3.46. The van der Waals surface area contributed by atoms with E-state index in [1.165, 1.54) is 10.4 Å². The summed E-state index contributed by atoms with van der Waals surface area (Å²) < 4.78 is 29.0. The molecule has 0 saturated carbocycles. The number of thiophene rings is 1. The van der Waals surface area contributed by atoms with Gasteiger partial charge in [-0.2, -0.15) is 4.31 Å². The van der Waals surface area contributed by atoms with Crippen LogP contribution < -0.4 is 5.73 Å². The normalized spacial score (nSPS) is 20.7. The van der Waals surface area contributed by atoms with Crippen LogP contribution in [0.5, 0.6) is 0 Å². The van der Waals surface area contributed by atoms with Crippen molar-refractivity contribution in [3.05, 3.63) is 23.6 Å². The lowest BCUT2D eigenvalue weighted by molar-refractivity contribution is 0.306. The monoisotopic (exact) mass is 327 g/mol. The molecule has 0 amide bonds. The second-order valence-corrected chi connectivity index (χ2v) is 8.28. The van der Waals surface area contributed by atoms with E-state index in [0.717, 1.165) is 30.0 Å². The Kier molecular flexibility index (Phi) is 3.72. The molecule has 1 unspecified atom stereocenters. The van der Waals surface area contributed by atoms with Crippen LogP contribution >= 0.6 is 11.3 Å². The van der Waals surface area contributed by atoms with Crippen molar-refractivity contribution in [2.45, 2.75) is 23.0 Å². The van der Waals surface area contributed by atoms with Crippen LogP contribution in [0.15, 0.2) is 22.0 Å². The molecule has 1 fully saturated rings. The van der Waals surface area contributed by atoms with Crippen molar-refractivity contribution in [1.82, 2.24) is 19.1 Å². The molecule has 7 nitrogen and oxygen atoms in total. The fraction of sp³-hybridized carbons (Fsp3) is 0.500. The first-order valence-electron chi connectivity index (χ1n) is 6.66. The molecule has 0 bridgehead atoms. The van der Waals surface area contributed by atoms with Gasteiger partial charge in [0.05, 0.1) is 0 Å². The average Bonchev–Trinajstić information content (AvgIpc) is 3.08. The zero-order valence-corrected chi connectivity index (χ0v) is 13.3. The van der Waals surface area contributed by atoms with Gasteiger partial charge in [0.15, 0.2) is 0 Å². The Hall–Kier alpha value is -1.45. The number of aryl methyl sites for hydroxylation is 1. The van der Waals surface area contributed by atoms with Crippen molar-refractivity contribution in [3.63, 3.8) is 0 Å². The lowest BCUT2D eigenvalue weighted by Gasteiger charge is -2.30. The fourth-order valence-electron chi connectivity index (χ4n) is 2.63.